The van der Waals surface area contributed by atoms with Gasteiger partial charge in [0.2, 0.25) is 5.88 Å². The molecular weight excluding hydrogens is 217 g/mol. The quantitative estimate of drug-likeness (QED) is 0.854. The number of aromatic hydroxyl groups is 1. The van der Waals surface area contributed by atoms with Gasteiger partial charge in [-0.05, 0) is 18.2 Å². The Kier molecular flexibility index (Phi) is 2.55. The van der Waals surface area contributed by atoms with E-state index in [-0.39, 0.29) is 11.7 Å². The van der Waals surface area contributed by atoms with Crippen molar-refractivity contribution in [2.24, 2.45) is 0 Å². The van der Waals surface area contributed by atoms with Crippen molar-refractivity contribution in [2.75, 3.05) is 7.11 Å². The second kappa shape index (κ2) is 3.86. The van der Waals surface area contributed by atoms with Crippen LogP contribution in [0.5, 0.6) is 11.6 Å². The summed E-state index contributed by atoms with van der Waals surface area (Å²) < 4.78 is 18.1. The Balaban J connectivity index is 2.55. The summed E-state index contributed by atoms with van der Waals surface area (Å²) in [7, 11) is 1.50. The van der Waals surface area contributed by atoms with Crippen molar-refractivity contribution in [1.82, 2.24) is 4.98 Å². The summed E-state index contributed by atoms with van der Waals surface area (Å²) in [6, 6.07) is 4.18. The Bertz CT molecular complexity index is 484. The largest absolute Gasteiger partial charge is 0.496 e. The summed E-state index contributed by atoms with van der Waals surface area (Å²) in [4.78, 5) is 3.86. The first-order chi connectivity index (χ1) is 7.20. The van der Waals surface area contributed by atoms with Gasteiger partial charge in [0.15, 0.2) is 0 Å². The number of benzene rings is 1. The van der Waals surface area contributed by atoms with E-state index >= 15 is 0 Å². The van der Waals surface area contributed by atoms with Crippen molar-refractivity contribution in [3.63, 3.8) is 0 Å². The predicted octanol–water partition coefficient (Wildman–Crippen LogP) is 2.66. The van der Waals surface area contributed by atoms with Gasteiger partial charge in [0.25, 0.3) is 0 Å². The summed E-state index contributed by atoms with van der Waals surface area (Å²) >= 11 is 1.23. The molecule has 0 aliphatic rings. The van der Waals surface area contributed by atoms with E-state index in [1.165, 1.54) is 42.0 Å². The van der Waals surface area contributed by atoms with Crippen LogP contribution in [0.25, 0.3) is 10.6 Å². The first-order valence-electron chi connectivity index (χ1n) is 4.19. The molecule has 0 aliphatic heterocycles. The molecule has 1 heterocycles. The monoisotopic (exact) mass is 225 g/mol. The van der Waals surface area contributed by atoms with Gasteiger partial charge in [0.1, 0.15) is 16.6 Å². The Morgan fingerprint density at radius 3 is 2.87 bits per heavy atom. The minimum Gasteiger partial charge on any atom is -0.496 e. The molecule has 0 atom stereocenters. The molecule has 1 aromatic heterocycles. The molecule has 0 unspecified atom stereocenters. The van der Waals surface area contributed by atoms with E-state index in [4.69, 9.17) is 9.84 Å². The van der Waals surface area contributed by atoms with Crippen LogP contribution in [0.3, 0.4) is 0 Å². The van der Waals surface area contributed by atoms with Crippen LogP contribution >= 0.6 is 11.3 Å². The lowest BCUT2D eigenvalue weighted by Crippen LogP contribution is -1.88. The number of rotatable bonds is 2. The average Bonchev–Trinajstić information content (AvgIpc) is 2.65. The molecule has 1 N–H and O–H groups in total. The SMILES string of the molecule is COc1ccc(F)cc1-c1nc(O)cs1. The third-order valence-corrected chi connectivity index (χ3v) is 2.75. The van der Waals surface area contributed by atoms with E-state index in [1.54, 1.807) is 0 Å². The number of hydrogen-bond donors (Lipinski definition) is 1. The van der Waals surface area contributed by atoms with Crippen LogP contribution in [0.4, 0.5) is 4.39 Å². The summed E-state index contributed by atoms with van der Waals surface area (Å²) in [5.41, 5.74) is 0.544. The number of methoxy groups -OCH3 is 1. The molecule has 2 aromatic rings. The lowest BCUT2D eigenvalue weighted by atomic mass is 10.2. The lowest BCUT2D eigenvalue weighted by molar-refractivity contribution is 0.415. The highest BCUT2D eigenvalue weighted by molar-refractivity contribution is 7.13. The minimum absolute atomic E-state index is 0.0682. The molecule has 0 radical (unpaired) electrons. The third-order valence-electron chi connectivity index (χ3n) is 1.88. The predicted molar refractivity (Wildman–Crippen MR) is 55.7 cm³/mol. The maximum atomic E-state index is 13.0. The number of thiazole rings is 1. The molecule has 0 saturated heterocycles. The van der Waals surface area contributed by atoms with E-state index in [0.717, 1.165) is 0 Å². The van der Waals surface area contributed by atoms with Gasteiger partial charge in [-0.2, -0.15) is 0 Å². The molecule has 1 aromatic carbocycles. The number of nitrogens with zero attached hydrogens (tertiary/aromatic N) is 1. The molecule has 0 aliphatic carbocycles. The Labute approximate surface area is 89.8 Å². The van der Waals surface area contributed by atoms with Crippen molar-refractivity contribution in [2.45, 2.75) is 0 Å². The molecule has 3 nitrogen and oxygen atoms in total. The summed E-state index contributed by atoms with van der Waals surface area (Å²) in [5.74, 6) is 0.104. The highest BCUT2D eigenvalue weighted by Gasteiger charge is 2.10. The number of ether oxygens (including phenoxy) is 1. The van der Waals surface area contributed by atoms with E-state index in [2.05, 4.69) is 4.98 Å². The molecule has 0 amide bonds. The van der Waals surface area contributed by atoms with Gasteiger partial charge in [-0.1, -0.05) is 0 Å². The average molecular weight is 225 g/mol. The van der Waals surface area contributed by atoms with E-state index in [1.807, 2.05) is 0 Å². The van der Waals surface area contributed by atoms with Crippen LogP contribution in [0.2, 0.25) is 0 Å². The van der Waals surface area contributed by atoms with Gasteiger partial charge < -0.3 is 9.84 Å². The zero-order valence-electron chi connectivity index (χ0n) is 7.90. The number of halogens is 1. The Morgan fingerprint density at radius 2 is 2.27 bits per heavy atom. The highest BCUT2D eigenvalue weighted by Crippen LogP contribution is 2.33. The van der Waals surface area contributed by atoms with Crippen molar-refractivity contribution >= 4 is 11.3 Å². The zero-order valence-corrected chi connectivity index (χ0v) is 8.71. The Hall–Kier alpha value is -1.62. The Morgan fingerprint density at radius 1 is 1.47 bits per heavy atom. The van der Waals surface area contributed by atoms with Crippen molar-refractivity contribution in [3.8, 4) is 22.2 Å². The second-order valence-corrected chi connectivity index (χ2v) is 3.71. The maximum Gasteiger partial charge on any atom is 0.222 e. The standard InChI is InChI=1S/C10H8FNO2S/c1-14-8-3-2-6(11)4-7(8)10-12-9(13)5-15-10/h2-5,13H,1H3. The van der Waals surface area contributed by atoms with Crippen LogP contribution in [-0.2, 0) is 0 Å². The summed E-state index contributed by atoms with van der Waals surface area (Å²) in [5, 5.41) is 11.1. The van der Waals surface area contributed by atoms with Gasteiger partial charge in [-0.15, -0.1) is 11.3 Å². The van der Waals surface area contributed by atoms with Gasteiger partial charge >= 0.3 is 0 Å². The molecule has 78 valence electrons. The fourth-order valence-electron chi connectivity index (χ4n) is 1.24. The lowest BCUT2D eigenvalue weighted by Gasteiger charge is -2.05. The van der Waals surface area contributed by atoms with E-state index in [9.17, 15) is 4.39 Å². The van der Waals surface area contributed by atoms with Crippen LogP contribution in [0.15, 0.2) is 23.6 Å². The second-order valence-electron chi connectivity index (χ2n) is 2.86. The molecule has 0 bridgehead atoms. The smallest absolute Gasteiger partial charge is 0.222 e. The molecule has 0 fully saturated rings. The summed E-state index contributed by atoms with van der Waals surface area (Å²) in [6.45, 7) is 0. The molecule has 0 saturated carbocycles. The van der Waals surface area contributed by atoms with Crippen molar-refractivity contribution < 1.29 is 14.2 Å². The fourth-order valence-corrected chi connectivity index (χ4v) is 1.94. The fraction of sp³-hybridized carbons (Fsp3) is 0.100. The molecule has 0 spiro atoms. The van der Waals surface area contributed by atoms with Gasteiger partial charge in [-0.25, -0.2) is 9.37 Å². The van der Waals surface area contributed by atoms with Crippen LogP contribution in [-0.4, -0.2) is 17.2 Å². The van der Waals surface area contributed by atoms with Crippen molar-refractivity contribution in [3.05, 3.63) is 29.4 Å². The van der Waals surface area contributed by atoms with Gasteiger partial charge in [-0.3, -0.25) is 0 Å². The van der Waals surface area contributed by atoms with Crippen molar-refractivity contribution in [1.29, 1.82) is 0 Å². The van der Waals surface area contributed by atoms with Crippen LogP contribution < -0.4 is 4.74 Å². The normalized spacial score (nSPS) is 10.3. The first-order valence-corrected chi connectivity index (χ1v) is 5.07. The van der Waals surface area contributed by atoms with E-state index in [0.29, 0.717) is 16.3 Å². The first kappa shape index (κ1) is 9.92. The van der Waals surface area contributed by atoms with Crippen LogP contribution in [0.1, 0.15) is 0 Å². The summed E-state index contributed by atoms with van der Waals surface area (Å²) in [6.07, 6.45) is 0. The molecule has 2 rings (SSSR count). The topological polar surface area (TPSA) is 42.4 Å². The molecule has 15 heavy (non-hydrogen) atoms. The molecule has 5 heteroatoms. The maximum absolute atomic E-state index is 13.0. The van der Waals surface area contributed by atoms with E-state index < -0.39 is 0 Å². The third kappa shape index (κ3) is 1.92. The highest BCUT2D eigenvalue weighted by atomic mass is 32.1. The molecular formula is C10H8FNO2S. The zero-order chi connectivity index (χ0) is 10.8. The minimum atomic E-state index is -0.361. The number of aromatic nitrogens is 1. The van der Waals surface area contributed by atoms with Gasteiger partial charge in [0.05, 0.1) is 18.1 Å². The van der Waals surface area contributed by atoms with Gasteiger partial charge in [0, 0.05) is 0 Å². The number of hydrogen-bond acceptors (Lipinski definition) is 4. The van der Waals surface area contributed by atoms with Crippen LogP contribution in [0, 0.1) is 5.82 Å².